The Morgan fingerprint density at radius 3 is 2.25 bits per heavy atom. The molecular weight excluding hydrogens is 258 g/mol. The maximum absolute atomic E-state index is 11.7. The lowest BCUT2D eigenvalue weighted by Crippen LogP contribution is -2.20. The van der Waals surface area contributed by atoms with Crippen LogP contribution in [-0.4, -0.2) is 24.7 Å². The molecule has 0 atom stereocenters. The van der Waals surface area contributed by atoms with Crippen molar-refractivity contribution in [3.8, 4) is 17.2 Å². The number of nitrogens with one attached hydrogen (secondary N) is 1. The summed E-state index contributed by atoms with van der Waals surface area (Å²) in [4.78, 5) is 11.7. The van der Waals surface area contributed by atoms with Crippen LogP contribution in [0.2, 0.25) is 0 Å². The molecule has 20 heavy (non-hydrogen) atoms. The summed E-state index contributed by atoms with van der Waals surface area (Å²) < 4.78 is 10.4. The monoisotopic (exact) mass is 273 g/mol. The molecule has 0 fully saturated rings. The molecule has 0 radical (unpaired) electrons. The Morgan fingerprint density at radius 2 is 1.65 bits per heavy atom. The van der Waals surface area contributed by atoms with Crippen molar-refractivity contribution in [3.63, 3.8) is 0 Å². The first-order valence-electron chi connectivity index (χ1n) is 6.03. The van der Waals surface area contributed by atoms with Crippen molar-refractivity contribution in [3.05, 3.63) is 48.5 Å². The maximum Gasteiger partial charge on any atom is 0.262 e. The van der Waals surface area contributed by atoms with Crippen molar-refractivity contribution in [1.29, 1.82) is 0 Å². The number of anilines is 1. The van der Waals surface area contributed by atoms with Crippen LogP contribution in [0, 0.1) is 0 Å². The second-order valence-corrected chi connectivity index (χ2v) is 4.06. The Balaban J connectivity index is 1.83. The lowest BCUT2D eigenvalue weighted by atomic mass is 10.3. The predicted octanol–water partition coefficient (Wildman–Crippen LogP) is 2.42. The number of methoxy groups -OCH3 is 1. The van der Waals surface area contributed by atoms with Gasteiger partial charge in [0.2, 0.25) is 0 Å². The van der Waals surface area contributed by atoms with Gasteiger partial charge in [-0.2, -0.15) is 0 Å². The van der Waals surface area contributed by atoms with Gasteiger partial charge in [-0.1, -0.05) is 0 Å². The molecule has 0 bridgehead atoms. The van der Waals surface area contributed by atoms with E-state index < -0.39 is 0 Å². The van der Waals surface area contributed by atoms with Crippen LogP contribution in [0.15, 0.2) is 48.5 Å². The van der Waals surface area contributed by atoms with Crippen molar-refractivity contribution in [1.82, 2.24) is 0 Å². The highest BCUT2D eigenvalue weighted by Gasteiger charge is 2.04. The van der Waals surface area contributed by atoms with Crippen molar-refractivity contribution in [2.45, 2.75) is 0 Å². The van der Waals surface area contributed by atoms with Crippen LogP contribution >= 0.6 is 0 Å². The summed E-state index contributed by atoms with van der Waals surface area (Å²) >= 11 is 0. The fourth-order valence-electron chi connectivity index (χ4n) is 1.56. The first-order valence-corrected chi connectivity index (χ1v) is 6.03. The van der Waals surface area contributed by atoms with Crippen LogP contribution in [0.4, 0.5) is 5.69 Å². The van der Waals surface area contributed by atoms with Gasteiger partial charge in [0.25, 0.3) is 5.91 Å². The fourth-order valence-corrected chi connectivity index (χ4v) is 1.56. The normalized spacial score (nSPS) is 9.85. The van der Waals surface area contributed by atoms with Crippen LogP contribution in [-0.2, 0) is 4.79 Å². The van der Waals surface area contributed by atoms with Gasteiger partial charge in [0.05, 0.1) is 7.11 Å². The van der Waals surface area contributed by atoms with Crippen LogP contribution in [0.3, 0.4) is 0 Å². The molecule has 2 rings (SSSR count). The number of phenolic OH excluding ortho intramolecular Hbond substituents is 1. The zero-order valence-corrected chi connectivity index (χ0v) is 11.0. The average molecular weight is 273 g/mol. The van der Waals surface area contributed by atoms with Crippen molar-refractivity contribution >= 4 is 11.6 Å². The lowest BCUT2D eigenvalue weighted by Gasteiger charge is -2.08. The highest BCUT2D eigenvalue weighted by molar-refractivity contribution is 5.91. The molecule has 0 aromatic heterocycles. The summed E-state index contributed by atoms with van der Waals surface area (Å²) in [6.45, 7) is -0.0901. The SMILES string of the molecule is COc1ccc(OCC(=O)Nc2ccc(O)cc2)cc1. The van der Waals surface area contributed by atoms with E-state index >= 15 is 0 Å². The van der Waals surface area contributed by atoms with Gasteiger partial charge in [0.15, 0.2) is 6.61 Å². The Bertz CT molecular complexity index is 563. The number of amides is 1. The number of rotatable bonds is 5. The molecule has 0 unspecified atom stereocenters. The molecule has 5 heteroatoms. The summed E-state index contributed by atoms with van der Waals surface area (Å²) in [5, 5.41) is 11.8. The summed E-state index contributed by atoms with van der Waals surface area (Å²) in [6.07, 6.45) is 0. The van der Waals surface area contributed by atoms with Gasteiger partial charge in [-0.15, -0.1) is 0 Å². The van der Waals surface area contributed by atoms with Crippen molar-refractivity contribution < 1.29 is 19.4 Å². The van der Waals surface area contributed by atoms with E-state index in [0.29, 0.717) is 11.4 Å². The van der Waals surface area contributed by atoms with Gasteiger partial charge < -0.3 is 19.9 Å². The number of carbonyl (C=O) groups excluding carboxylic acids is 1. The van der Waals surface area contributed by atoms with E-state index in [1.807, 2.05) is 0 Å². The minimum absolute atomic E-state index is 0.0901. The number of ether oxygens (including phenoxy) is 2. The Labute approximate surface area is 116 Å². The molecule has 1 amide bonds. The predicted molar refractivity (Wildman–Crippen MR) is 75.2 cm³/mol. The van der Waals surface area contributed by atoms with E-state index in [1.54, 1.807) is 43.5 Å². The maximum atomic E-state index is 11.7. The van der Waals surface area contributed by atoms with E-state index in [0.717, 1.165) is 5.75 Å². The Hall–Kier alpha value is -2.69. The first-order chi connectivity index (χ1) is 9.67. The minimum atomic E-state index is -0.272. The molecule has 0 aliphatic carbocycles. The number of carbonyl (C=O) groups is 1. The number of hydrogen-bond donors (Lipinski definition) is 2. The van der Waals surface area contributed by atoms with Gasteiger partial charge in [0, 0.05) is 5.69 Å². The van der Waals surface area contributed by atoms with E-state index in [9.17, 15) is 4.79 Å². The molecule has 2 aromatic carbocycles. The van der Waals surface area contributed by atoms with Gasteiger partial charge in [0.1, 0.15) is 17.2 Å². The highest BCUT2D eigenvalue weighted by Crippen LogP contribution is 2.17. The highest BCUT2D eigenvalue weighted by atomic mass is 16.5. The molecule has 0 heterocycles. The van der Waals surface area contributed by atoms with Gasteiger partial charge in [-0.3, -0.25) is 4.79 Å². The van der Waals surface area contributed by atoms with E-state index in [-0.39, 0.29) is 18.3 Å². The van der Waals surface area contributed by atoms with Gasteiger partial charge in [-0.25, -0.2) is 0 Å². The van der Waals surface area contributed by atoms with Crippen molar-refractivity contribution in [2.24, 2.45) is 0 Å². The number of aromatic hydroxyl groups is 1. The molecule has 0 saturated heterocycles. The average Bonchev–Trinajstić information content (AvgIpc) is 2.48. The molecule has 0 saturated carbocycles. The van der Waals surface area contributed by atoms with Crippen LogP contribution < -0.4 is 14.8 Å². The topological polar surface area (TPSA) is 67.8 Å². The molecule has 5 nitrogen and oxygen atoms in total. The summed E-state index contributed by atoms with van der Waals surface area (Å²) in [5.41, 5.74) is 0.603. The first kappa shape index (κ1) is 13.7. The van der Waals surface area contributed by atoms with Crippen LogP contribution in [0.25, 0.3) is 0 Å². The molecule has 0 spiro atoms. The van der Waals surface area contributed by atoms with E-state index in [4.69, 9.17) is 14.6 Å². The second kappa shape index (κ2) is 6.47. The smallest absolute Gasteiger partial charge is 0.262 e. The minimum Gasteiger partial charge on any atom is -0.508 e. The van der Waals surface area contributed by atoms with E-state index in [2.05, 4.69) is 5.32 Å². The Morgan fingerprint density at radius 1 is 1.05 bits per heavy atom. The number of phenols is 1. The number of hydrogen-bond acceptors (Lipinski definition) is 4. The fraction of sp³-hybridized carbons (Fsp3) is 0.133. The zero-order chi connectivity index (χ0) is 14.4. The zero-order valence-electron chi connectivity index (χ0n) is 11.0. The molecule has 2 N–H and O–H groups in total. The largest absolute Gasteiger partial charge is 0.508 e. The molecule has 0 aliphatic rings. The third kappa shape index (κ3) is 3.91. The molecule has 2 aromatic rings. The van der Waals surface area contributed by atoms with Crippen LogP contribution in [0.5, 0.6) is 17.2 Å². The number of benzene rings is 2. The quantitative estimate of drug-likeness (QED) is 0.821. The van der Waals surface area contributed by atoms with Gasteiger partial charge in [-0.05, 0) is 48.5 Å². The summed E-state index contributed by atoms with van der Waals surface area (Å²) in [5.74, 6) is 1.20. The lowest BCUT2D eigenvalue weighted by molar-refractivity contribution is -0.118. The third-order valence-corrected chi connectivity index (χ3v) is 2.58. The second-order valence-electron chi connectivity index (χ2n) is 4.06. The van der Waals surface area contributed by atoms with E-state index in [1.165, 1.54) is 12.1 Å². The molecular formula is C15H15NO4. The molecule has 104 valence electrons. The van der Waals surface area contributed by atoms with Gasteiger partial charge >= 0.3 is 0 Å². The Kier molecular flexibility index (Phi) is 4.44. The summed E-state index contributed by atoms with van der Waals surface area (Å²) in [7, 11) is 1.58. The molecule has 0 aliphatic heterocycles. The third-order valence-electron chi connectivity index (χ3n) is 2.58. The standard InChI is InChI=1S/C15H15NO4/c1-19-13-6-8-14(9-7-13)20-10-15(18)16-11-2-4-12(17)5-3-11/h2-9,17H,10H2,1H3,(H,16,18). The van der Waals surface area contributed by atoms with Crippen molar-refractivity contribution in [2.75, 3.05) is 19.0 Å². The van der Waals surface area contributed by atoms with Crippen LogP contribution in [0.1, 0.15) is 0 Å². The summed E-state index contributed by atoms with van der Waals surface area (Å²) in [6, 6.07) is 13.2.